The molecule has 0 saturated heterocycles. The van der Waals surface area contributed by atoms with Crippen molar-refractivity contribution < 1.29 is 5.11 Å². The first-order valence-corrected chi connectivity index (χ1v) is 10.8. The molecule has 1 aromatic heterocycles. The van der Waals surface area contributed by atoms with E-state index in [1.54, 1.807) is 0 Å². The summed E-state index contributed by atoms with van der Waals surface area (Å²) in [5.74, 6) is 0.796. The first-order valence-electron chi connectivity index (χ1n) is 10.8. The van der Waals surface area contributed by atoms with Gasteiger partial charge in [-0.25, -0.2) is 0 Å². The van der Waals surface area contributed by atoms with E-state index in [1.807, 2.05) is 0 Å². The first-order chi connectivity index (χ1) is 13.2. The molecule has 1 N–H and O–H groups in total. The summed E-state index contributed by atoms with van der Waals surface area (Å²) in [6.07, 6.45) is 10.8. The predicted molar refractivity (Wildman–Crippen MR) is 113 cm³/mol. The fourth-order valence-electron chi connectivity index (χ4n) is 4.42. The number of rotatable bonds is 10. The summed E-state index contributed by atoms with van der Waals surface area (Å²) in [7, 11) is 0. The van der Waals surface area contributed by atoms with E-state index < -0.39 is 0 Å². The van der Waals surface area contributed by atoms with Gasteiger partial charge in [-0.05, 0) is 42.9 Å². The van der Waals surface area contributed by atoms with Crippen LogP contribution in [0, 0.1) is 5.92 Å². The Morgan fingerprint density at radius 3 is 2.59 bits per heavy atom. The third kappa shape index (κ3) is 6.51. The molecule has 0 radical (unpaired) electrons. The highest BCUT2D eigenvalue weighted by molar-refractivity contribution is 5.17. The van der Waals surface area contributed by atoms with Gasteiger partial charge in [0.05, 0.1) is 6.10 Å². The molecular weight excluding hydrogens is 332 g/mol. The second-order valence-electron chi connectivity index (χ2n) is 8.25. The molecule has 1 aliphatic rings. The summed E-state index contributed by atoms with van der Waals surface area (Å²) in [5, 5.41) is 10.4. The monoisotopic (exact) mass is 368 g/mol. The Kier molecular flexibility index (Phi) is 7.97. The van der Waals surface area contributed by atoms with Crippen molar-refractivity contribution >= 4 is 0 Å². The molecule has 27 heavy (non-hydrogen) atoms. The number of hydrogen-bond donors (Lipinski definition) is 1. The van der Waals surface area contributed by atoms with Gasteiger partial charge >= 0.3 is 0 Å². The van der Waals surface area contributed by atoms with E-state index >= 15 is 0 Å². The fourth-order valence-corrected chi connectivity index (χ4v) is 4.42. The molecule has 1 aliphatic carbocycles. The Morgan fingerprint density at radius 2 is 1.85 bits per heavy atom. The second kappa shape index (κ2) is 10.7. The number of aliphatic hydroxyl groups is 1. The average Bonchev–Trinajstić information content (AvgIpc) is 3.10. The zero-order valence-electron chi connectivity index (χ0n) is 16.9. The summed E-state index contributed by atoms with van der Waals surface area (Å²) in [4.78, 5) is 2.51. The normalized spacial score (nSPS) is 16.7. The molecule has 1 fully saturated rings. The van der Waals surface area contributed by atoms with Crippen LogP contribution in [-0.4, -0.2) is 33.8 Å². The third-order valence-corrected chi connectivity index (χ3v) is 5.84. The van der Waals surface area contributed by atoms with E-state index in [0.29, 0.717) is 0 Å². The van der Waals surface area contributed by atoms with Crippen LogP contribution < -0.4 is 0 Å². The molecule has 1 atom stereocenters. The molecule has 1 aromatic carbocycles. The number of benzene rings is 1. The Labute approximate surface area is 165 Å². The largest absolute Gasteiger partial charge is 0.392 e. The van der Waals surface area contributed by atoms with Crippen LogP contribution >= 0.6 is 0 Å². The van der Waals surface area contributed by atoms with Crippen LogP contribution in [0.2, 0.25) is 0 Å². The van der Waals surface area contributed by atoms with Gasteiger partial charge in [-0.2, -0.15) is 0 Å². The number of hydrogen-bond acceptors (Lipinski definition) is 2. The Hall–Kier alpha value is -1.58. The van der Waals surface area contributed by atoms with E-state index in [9.17, 15) is 5.11 Å². The van der Waals surface area contributed by atoms with Gasteiger partial charge in [-0.1, -0.05) is 62.9 Å². The molecule has 3 heteroatoms. The van der Waals surface area contributed by atoms with Crippen LogP contribution in [0.25, 0.3) is 0 Å². The summed E-state index contributed by atoms with van der Waals surface area (Å²) >= 11 is 0. The maximum atomic E-state index is 10.4. The van der Waals surface area contributed by atoms with Crippen molar-refractivity contribution in [2.24, 2.45) is 5.92 Å². The van der Waals surface area contributed by atoms with Gasteiger partial charge in [0.2, 0.25) is 0 Å². The Morgan fingerprint density at radius 1 is 1.07 bits per heavy atom. The molecule has 0 spiro atoms. The number of aliphatic hydroxyl groups excluding tert-OH is 1. The van der Waals surface area contributed by atoms with Crippen LogP contribution in [0.5, 0.6) is 0 Å². The van der Waals surface area contributed by atoms with Crippen molar-refractivity contribution in [3.63, 3.8) is 0 Å². The Balaban J connectivity index is 1.66. The van der Waals surface area contributed by atoms with Crippen LogP contribution in [-0.2, 0) is 13.1 Å². The zero-order valence-corrected chi connectivity index (χ0v) is 16.9. The van der Waals surface area contributed by atoms with Crippen molar-refractivity contribution in [2.75, 3.05) is 13.1 Å². The van der Waals surface area contributed by atoms with E-state index in [1.165, 1.54) is 43.4 Å². The lowest BCUT2D eigenvalue weighted by Crippen LogP contribution is -2.36. The lowest BCUT2D eigenvalue weighted by atomic mass is 9.89. The van der Waals surface area contributed by atoms with E-state index in [4.69, 9.17) is 0 Å². The Bertz CT molecular complexity index is 645. The summed E-state index contributed by atoms with van der Waals surface area (Å²) in [6.45, 7) is 5.91. The van der Waals surface area contributed by atoms with Gasteiger partial charge < -0.3 is 9.67 Å². The van der Waals surface area contributed by atoms with Gasteiger partial charge in [-0.15, -0.1) is 0 Å². The van der Waals surface area contributed by atoms with Crippen molar-refractivity contribution in [1.29, 1.82) is 0 Å². The molecule has 3 nitrogen and oxygen atoms in total. The van der Waals surface area contributed by atoms with E-state index in [0.717, 1.165) is 44.9 Å². The van der Waals surface area contributed by atoms with E-state index in [2.05, 4.69) is 65.1 Å². The lowest BCUT2D eigenvalue weighted by Gasteiger charge is -2.31. The van der Waals surface area contributed by atoms with Crippen LogP contribution in [0.1, 0.15) is 63.1 Å². The fraction of sp³-hybridized carbons (Fsp3) is 0.583. The molecular formula is C24H36N2O. The van der Waals surface area contributed by atoms with Gasteiger partial charge in [0.25, 0.3) is 0 Å². The molecule has 148 valence electrons. The molecule has 1 heterocycles. The topological polar surface area (TPSA) is 28.4 Å². The number of aromatic nitrogens is 1. The molecule has 1 unspecified atom stereocenters. The van der Waals surface area contributed by atoms with Crippen molar-refractivity contribution in [3.8, 4) is 0 Å². The number of nitrogens with zero attached hydrogens (tertiary/aromatic N) is 2. The quantitative estimate of drug-likeness (QED) is 0.633. The van der Waals surface area contributed by atoms with Gasteiger partial charge in [0.1, 0.15) is 0 Å². The highest BCUT2D eigenvalue weighted by atomic mass is 16.3. The van der Waals surface area contributed by atoms with Crippen LogP contribution in [0.3, 0.4) is 0 Å². The molecule has 0 bridgehead atoms. The summed E-state index contributed by atoms with van der Waals surface area (Å²) < 4.78 is 2.36. The molecule has 0 aliphatic heterocycles. The highest BCUT2D eigenvalue weighted by Gasteiger charge is 2.20. The maximum Gasteiger partial charge on any atom is 0.0667 e. The minimum Gasteiger partial charge on any atom is -0.392 e. The van der Waals surface area contributed by atoms with E-state index in [-0.39, 0.29) is 6.10 Å². The summed E-state index contributed by atoms with van der Waals surface area (Å²) in [5.41, 5.74) is 2.68. The zero-order chi connectivity index (χ0) is 18.9. The lowest BCUT2D eigenvalue weighted by molar-refractivity contribution is 0.0853. The van der Waals surface area contributed by atoms with Crippen molar-refractivity contribution in [1.82, 2.24) is 9.47 Å². The first kappa shape index (κ1) is 20.2. The molecule has 1 saturated carbocycles. The SMILES string of the molecule is CCCC(O)CN(Cc1cccn1Cc1ccccc1)CC1CCCCC1. The second-order valence-corrected chi connectivity index (χ2v) is 8.25. The van der Waals surface area contributed by atoms with Gasteiger partial charge in [-0.3, -0.25) is 4.90 Å². The van der Waals surface area contributed by atoms with Gasteiger partial charge in [0.15, 0.2) is 0 Å². The minimum atomic E-state index is -0.212. The minimum absolute atomic E-state index is 0.212. The van der Waals surface area contributed by atoms with Crippen LogP contribution in [0.15, 0.2) is 48.7 Å². The average molecular weight is 369 g/mol. The highest BCUT2D eigenvalue weighted by Crippen LogP contribution is 2.25. The maximum absolute atomic E-state index is 10.4. The smallest absolute Gasteiger partial charge is 0.0667 e. The predicted octanol–water partition coefficient (Wildman–Crippen LogP) is 5.08. The summed E-state index contributed by atoms with van der Waals surface area (Å²) in [6, 6.07) is 15.1. The molecule has 2 aromatic rings. The molecule has 3 rings (SSSR count). The van der Waals surface area contributed by atoms with Gasteiger partial charge in [0, 0.05) is 38.1 Å². The van der Waals surface area contributed by atoms with Crippen molar-refractivity contribution in [2.45, 2.75) is 71.1 Å². The van der Waals surface area contributed by atoms with Crippen molar-refractivity contribution in [3.05, 3.63) is 59.9 Å². The standard InChI is InChI=1S/C24H36N2O/c1-2-10-24(27)20-25(17-21-11-5-3-6-12-21)19-23-15-9-16-26(23)18-22-13-7-4-8-14-22/h4,7-9,13-16,21,24,27H,2-3,5-6,10-12,17-20H2,1H3. The molecule has 0 amide bonds. The third-order valence-electron chi connectivity index (χ3n) is 5.84. The van der Waals surface area contributed by atoms with Crippen LogP contribution in [0.4, 0.5) is 0 Å².